The Morgan fingerprint density at radius 1 is 1.35 bits per heavy atom. The van der Waals surface area contributed by atoms with Gasteiger partial charge in [0.2, 0.25) is 3.79 Å². The fourth-order valence-electron chi connectivity index (χ4n) is 3.20. The molecule has 2 aliphatic heterocycles. The molecular formula is C11H13Cl3O3. The lowest BCUT2D eigenvalue weighted by atomic mass is 9.64. The molecule has 3 nitrogen and oxygen atoms in total. The van der Waals surface area contributed by atoms with Crippen molar-refractivity contribution in [1.29, 1.82) is 0 Å². The number of alkyl halides is 3. The van der Waals surface area contributed by atoms with Gasteiger partial charge in [-0.3, -0.25) is 4.79 Å². The Balaban J connectivity index is 1.86. The predicted octanol–water partition coefficient (Wildman–Crippen LogP) is 2.86. The van der Waals surface area contributed by atoms with Crippen LogP contribution >= 0.6 is 34.8 Å². The van der Waals surface area contributed by atoms with Gasteiger partial charge in [-0.05, 0) is 32.1 Å². The number of esters is 1. The van der Waals surface area contributed by atoms with Gasteiger partial charge in [0.05, 0.1) is 11.5 Å². The summed E-state index contributed by atoms with van der Waals surface area (Å²) in [4.78, 5) is 12.2. The van der Waals surface area contributed by atoms with Crippen LogP contribution in [0.3, 0.4) is 0 Å². The van der Waals surface area contributed by atoms with Crippen LogP contribution in [0.1, 0.15) is 26.2 Å². The zero-order chi connectivity index (χ0) is 12.4. The topological polar surface area (TPSA) is 38.8 Å². The number of carbonyl (C=O) groups is 1. The molecule has 2 unspecified atom stereocenters. The Kier molecular flexibility index (Phi) is 2.65. The van der Waals surface area contributed by atoms with Gasteiger partial charge in [-0.15, -0.1) is 0 Å². The summed E-state index contributed by atoms with van der Waals surface area (Å²) in [7, 11) is 0. The molecule has 96 valence electrons. The molecule has 0 aromatic heterocycles. The van der Waals surface area contributed by atoms with Crippen molar-refractivity contribution < 1.29 is 14.3 Å². The number of carbonyl (C=O) groups excluding carboxylic acids is 1. The SMILES string of the molecule is C[C@]12C(=O)O[C@@H](C(Cl)(Cl)Cl)C[C@@H]1CCC1OC12. The Morgan fingerprint density at radius 2 is 2.06 bits per heavy atom. The van der Waals surface area contributed by atoms with E-state index in [2.05, 4.69) is 0 Å². The molecule has 0 aromatic rings. The van der Waals surface area contributed by atoms with Crippen molar-refractivity contribution >= 4 is 40.8 Å². The second-order valence-corrected chi connectivity index (χ2v) is 7.69. The van der Waals surface area contributed by atoms with Gasteiger partial charge < -0.3 is 9.47 Å². The largest absolute Gasteiger partial charge is 0.457 e. The minimum absolute atomic E-state index is 0.00470. The summed E-state index contributed by atoms with van der Waals surface area (Å²) < 4.78 is 9.30. The smallest absolute Gasteiger partial charge is 0.315 e. The number of hydrogen-bond donors (Lipinski definition) is 0. The molecule has 0 bridgehead atoms. The second-order valence-electron chi connectivity index (χ2n) is 5.32. The third-order valence-electron chi connectivity index (χ3n) is 4.37. The molecule has 0 aromatic carbocycles. The fraction of sp³-hybridized carbons (Fsp3) is 0.909. The second kappa shape index (κ2) is 3.66. The van der Waals surface area contributed by atoms with E-state index < -0.39 is 15.3 Å². The molecule has 1 saturated carbocycles. The number of fused-ring (bicyclic) bond motifs is 3. The maximum absolute atomic E-state index is 12.2. The van der Waals surface area contributed by atoms with Crippen LogP contribution in [0, 0.1) is 11.3 Å². The maximum atomic E-state index is 12.2. The highest BCUT2D eigenvalue weighted by Gasteiger charge is 2.66. The summed E-state index contributed by atoms with van der Waals surface area (Å²) in [5.74, 6) is -0.0922. The maximum Gasteiger partial charge on any atom is 0.315 e. The number of cyclic esters (lactones) is 1. The lowest BCUT2D eigenvalue weighted by Gasteiger charge is -2.45. The van der Waals surface area contributed by atoms with E-state index in [0.29, 0.717) is 6.42 Å². The lowest BCUT2D eigenvalue weighted by molar-refractivity contribution is -0.178. The number of hydrogen-bond acceptors (Lipinski definition) is 3. The van der Waals surface area contributed by atoms with Crippen LogP contribution in [0.25, 0.3) is 0 Å². The standard InChI is InChI=1S/C11H13Cl3O3/c1-10-5(2-3-6-8(10)16-6)4-7(11(12,13)14)17-9(10)15/h5-8H,2-4H2,1H3/t5-,6?,7+,8?,10-/m0/s1. The van der Waals surface area contributed by atoms with Crippen LogP contribution in [0.2, 0.25) is 0 Å². The first-order chi connectivity index (χ1) is 7.83. The molecule has 6 heteroatoms. The van der Waals surface area contributed by atoms with Gasteiger partial charge in [0.15, 0.2) is 0 Å². The van der Waals surface area contributed by atoms with E-state index in [1.165, 1.54) is 0 Å². The zero-order valence-electron chi connectivity index (χ0n) is 9.29. The van der Waals surface area contributed by atoms with E-state index in [-0.39, 0.29) is 24.1 Å². The van der Waals surface area contributed by atoms with Gasteiger partial charge in [0.1, 0.15) is 12.2 Å². The van der Waals surface area contributed by atoms with Gasteiger partial charge in [-0.1, -0.05) is 34.8 Å². The van der Waals surface area contributed by atoms with E-state index >= 15 is 0 Å². The lowest BCUT2D eigenvalue weighted by Crippen LogP contribution is -2.54. The summed E-state index contributed by atoms with van der Waals surface area (Å²) in [5.41, 5.74) is -0.546. The molecule has 3 fully saturated rings. The van der Waals surface area contributed by atoms with E-state index in [1.807, 2.05) is 6.92 Å². The van der Waals surface area contributed by atoms with E-state index in [0.717, 1.165) is 12.8 Å². The summed E-state index contributed by atoms with van der Waals surface area (Å²) in [6.07, 6.45) is 2.12. The monoisotopic (exact) mass is 298 g/mol. The van der Waals surface area contributed by atoms with Crippen LogP contribution in [0.5, 0.6) is 0 Å². The Hall–Kier alpha value is 0.300. The van der Waals surface area contributed by atoms with Crippen LogP contribution in [-0.2, 0) is 14.3 Å². The van der Waals surface area contributed by atoms with Crippen LogP contribution < -0.4 is 0 Å². The highest BCUT2D eigenvalue weighted by molar-refractivity contribution is 6.68. The summed E-state index contributed by atoms with van der Waals surface area (Å²) in [6.45, 7) is 1.92. The first-order valence-electron chi connectivity index (χ1n) is 5.76. The molecule has 1 aliphatic carbocycles. The number of epoxide rings is 1. The first-order valence-corrected chi connectivity index (χ1v) is 6.90. The summed E-state index contributed by atoms with van der Waals surface area (Å²) in [5, 5.41) is 0. The third-order valence-corrected chi connectivity index (χ3v) is 5.10. The highest BCUT2D eigenvalue weighted by atomic mass is 35.6. The average Bonchev–Trinajstić information content (AvgIpc) is 2.98. The van der Waals surface area contributed by atoms with Gasteiger partial charge in [-0.25, -0.2) is 0 Å². The number of ether oxygens (including phenoxy) is 2. The molecule has 0 amide bonds. The Morgan fingerprint density at radius 3 is 2.71 bits per heavy atom. The van der Waals surface area contributed by atoms with Crippen molar-refractivity contribution in [2.45, 2.75) is 48.3 Å². The van der Waals surface area contributed by atoms with Gasteiger partial charge in [-0.2, -0.15) is 0 Å². The van der Waals surface area contributed by atoms with Crippen molar-refractivity contribution in [1.82, 2.24) is 0 Å². The van der Waals surface area contributed by atoms with Crippen molar-refractivity contribution in [2.75, 3.05) is 0 Å². The molecule has 5 atom stereocenters. The van der Waals surface area contributed by atoms with Gasteiger partial charge in [0.25, 0.3) is 0 Å². The molecule has 3 aliphatic rings. The summed E-state index contributed by atoms with van der Waals surface area (Å²) in [6, 6.07) is 0. The molecule has 2 heterocycles. The average molecular weight is 300 g/mol. The quantitative estimate of drug-likeness (QED) is 0.392. The van der Waals surface area contributed by atoms with Gasteiger partial charge >= 0.3 is 5.97 Å². The van der Waals surface area contributed by atoms with E-state index in [9.17, 15) is 4.79 Å². The van der Waals surface area contributed by atoms with Crippen LogP contribution in [-0.4, -0.2) is 28.1 Å². The summed E-state index contributed by atoms with van der Waals surface area (Å²) >= 11 is 17.5. The highest BCUT2D eigenvalue weighted by Crippen LogP contribution is 2.57. The molecule has 3 rings (SSSR count). The molecule has 2 saturated heterocycles. The first kappa shape index (κ1) is 12.3. The third kappa shape index (κ3) is 1.78. The minimum atomic E-state index is -1.54. The molecular weight excluding hydrogens is 286 g/mol. The van der Waals surface area contributed by atoms with Gasteiger partial charge in [0, 0.05) is 0 Å². The van der Waals surface area contributed by atoms with E-state index in [4.69, 9.17) is 44.3 Å². The molecule has 0 N–H and O–H groups in total. The van der Waals surface area contributed by atoms with Crippen LogP contribution in [0.4, 0.5) is 0 Å². The Labute approximate surface area is 115 Å². The van der Waals surface area contributed by atoms with Crippen molar-refractivity contribution in [2.24, 2.45) is 11.3 Å². The van der Waals surface area contributed by atoms with Crippen molar-refractivity contribution in [3.8, 4) is 0 Å². The van der Waals surface area contributed by atoms with Crippen molar-refractivity contribution in [3.63, 3.8) is 0 Å². The zero-order valence-corrected chi connectivity index (χ0v) is 11.6. The minimum Gasteiger partial charge on any atom is -0.457 e. The molecule has 17 heavy (non-hydrogen) atoms. The fourth-order valence-corrected chi connectivity index (χ4v) is 3.60. The molecule has 0 spiro atoms. The molecule has 0 radical (unpaired) electrons. The van der Waals surface area contributed by atoms with Crippen molar-refractivity contribution in [3.05, 3.63) is 0 Å². The predicted molar refractivity (Wildman–Crippen MR) is 64.3 cm³/mol. The van der Waals surface area contributed by atoms with Crippen LogP contribution in [0.15, 0.2) is 0 Å². The number of rotatable bonds is 0. The number of halogens is 3. The Bertz CT molecular complexity index is 367. The van der Waals surface area contributed by atoms with E-state index in [1.54, 1.807) is 0 Å². The normalized spacial score (nSPS) is 49.1.